The Morgan fingerprint density at radius 1 is 1.43 bits per heavy atom. The Labute approximate surface area is 90.3 Å². The first kappa shape index (κ1) is 13.0. The highest BCUT2D eigenvalue weighted by Gasteiger charge is 2.01. The average Bonchev–Trinajstić information content (AvgIpc) is 2.22. The number of allylic oxidation sites excluding steroid dienone is 4. The quantitative estimate of drug-likeness (QED) is 0.565. The first-order valence-electron chi connectivity index (χ1n) is 4.57. The standard InChI is InChI=1S/C11H16ClNO/c1-4-6-9(11(14)13-3)7-8-10(12)5-2/h5-8H,4H2,1-3H3,(H,13,14)/b8-7-,9-6-,10-5+. The van der Waals surface area contributed by atoms with Crippen LogP contribution in [0, 0.1) is 0 Å². The van der Waals surface area contributed by atoms with Gasteiger partial charge in [0, 0.05) is 17.7 Å². The third kappa shape index (κ3) is 4.87. The van der Waals surface area contributed by atoms with E-state index in [4.69, 9.17) is 11.6 Å². The van der Waals surface area contributed by atoms with Gasteiger partial charge in [0.1, 0.15) is 0 Å². The minimum atomic E-state index is -0.0938. The van der Waals surface area contributed by atoms with Gasteiger partial charge in [0.05, 0.1) is 0 Å². The molecule has 0 spiro atoms. The maximum atomic E-state index is 11.3. The number of nitrogens with one attached hydrogen (secondary N) is 1. The van der Waals surface area contributed by atoms with E-state index in [9.17, 15) is 4.79 Å². The van der Waals surface area contributed by atoms with Crippen molar-refractivity contribution >= 4 is 17.5 Å². The summed E-state index contributed by atoms with van der Waals surface area (Å²) < 4.78 is 0. The van der Waals surface area contributed by atoms with Crippen molar-refractivity contribution in [3.8, 4) is 0 Å². The van der Waals surface area contributed by atoms with E-state index in [1.54, 1.807) is 25.3 Å². The smallest absolute Gasteiger partial charge is 0.250 e. The first-order valence-corrected chi connectivity index (χ1v) is 4.95. The molecule has 0 heterocycles. The van der Waals surface area contributed by atoms with Crippen LogP contribution in [0.1, 0.15) is 20.3 Å². The zero-order chi connectivity index (χ0) is 11.0. The molecular formula is C11H16ClNO. The molecule has 0 bridgehead atoms. The monoisotopic (exact) mass is 213 g/mol. The van der Waals surface area contributed by atoms with Crippen LogP contribution in [0.3, 0.4) is 0 Å². The Morgan fingerprint density at radius 3 is 2.50 bits per heavy atom. The van der Waals surface area contributed by atoms with Gasteiger partial charge in [-0.15, -0.1) is 0 Å². The Hall–Kier alpha value is -1.02. The van der Waals surface area contributed by atoms with Crippen molar-refractivity contribution in [2.75, 3.05) is 7.05 Å². The molecule has 0 aliphatic carbocycles. The molecule has 1 N–H and O–H groups in total. The van der Waals surface area contributed by atoms with Gasteiger partial charge < -0.3 is 5.32 Å². The van der Waals surface area contributed by atoms with Gasteiger partial charge in [0.25, 0.3) is 5.91 Å². The molecule has 0 aromatic heterocycles. The van der Waals surface area contributed by atoms with E-state index >= 15 is 0 Å². The molecule has 14 heavy (non-hydrogen) atoms. The number of carbonyl (C=O) groups excluding carboxylic acids is 1. The second-order valence-electron chi connectivity index (χ2n) is 2.65. The second-order valence-corrected chi connectivity index (χ2v) is 3.09. The highest BCUT2D eigenvalue weighted by molar-refractivity contribution is 6.31. The average molecular weight is 214 g/mol. The molecule has 78 valence electrons. The van der Waals surface area contributed by atoms with Crippen molar-refractivity contribution in [3.05, 3.63) is 34.9 Å². The van der Waals surface area contributed by atoms with Crippen LogP contribution in [0.15, 0.2) is 34.9 Å². The van der Waals surface area contributed by atoms with E-state index in [-0.39, 0.29) is 5.91 Å². The van der Waals surface area contributed by atoms with Crippen LogP contribution in [0.2, 0.25) is 0 Å². The molecule has 0 fully saturated rings. The van der Waals surface area contributed by atoms with Gasteiger partial charge in [0.15, 0.2) is 0 Å². The number of likely N-dealkylation sites (N-methyl/N-ethyl adjacent to an activating group) is 1. The number of hydrogen-bond acceptors (Lipinski definition) is 1. The fourth-order valence-corrected chi connectivity index (χ4v) is 0.929. The summed E-state index contributed by atoms with van der Waals surface area (Å²) in [5.41, 5.74) is 0.634. The Balaban J connectivity index is 4.63. The fraction of sp³-hybridized carbons (Fsp3) is 0.364. The van der Waals surface area contributed by atoms with Crippen LogP contribution in [-0.4, -0.2) is 13.0 Å². The number of amides is 1. The Morgan fingerprint density at radius 2 is 2.07 bits per heavy atom. The molecule has 0 rings (SSSR count). The largest absolute Gasteiger partial charge is 0.355 e. The summed E-state index contributed by atoms with van der Waals surface area (Å²) in [7, 11) is 1.61. The van der Waals surface area contributed by atoms with E-state index in [0.717, 1.165) is 6.42 Å². The van der Waals surface area contributed by atoms with Crippen molar-refractivity contribution in [2.45, 2.75) is 20.3 Å². The normalized spacial score (nSPS) is 13.4. The van der Waals surface area contributed by atoms with E-state index in [0.29, 0.717) is 10.6 Å². The topological polar surface area (TPSA) is 29.1 Å². The van der Waals surface area contributed by atoms with Crippen LogP contribution in [0.25, 0.3) is 0 Å². The molecule has 0 atom stereocenters. The minimum absolute atomic E-state index is 0.0938. The molecule has 0 aliphatic rings. The lowest BCUT2D eigenvalue weighted by Gasteiger charge is -1.99. The molecule has 2 nitrogen and oxygen atoms in total. The zero-order valence-corrected chi connectivity index (χ0v) is 9.56. The molecule has 1 amide bonds. The Kier molecular flexibility index (Phi) is 6.85. The molecule has 0 unspecified atom stereocenters. The third-order valence-electron chi connectivity index (χ3n) is 1.61. The minimum Gasteiger partial charge on any atom is -0.355 e. The lowest BCUT2D eigenvalue weighted by Crippen LogP contribution is -2.19. The van der Waals surface area contributed by atoms with Gasteiger partial charge in [-0.05, 0) is 25.5 Å². The van der Waals surface area contributed by atoms with Crippen LogP contribution in [-0.2, 0) is 4.79 Å². The van der Waals surface area contributed by atoms with E-state index in [1.807, 2.05) is 19.9 Å². The van der Waals surface area contributed by atoms with Crippen molar-refractivity contribution in [1.29, 1.82) is 0 Å². The van der Waals surface area contributed by atoms with Gasteiger partial charge in [-0.3, -0.25) is 4.79 Å². The second kappa shape index (κ2) is 7.39. The van der Waals surface area contributed by atoms with Crippen LogP contribution < -0.4 is 5.32 Å². The van der Waals surface area contributed by atoms with E-state index in [2.05, 4.69) is 5.32 Å². The molecule has 0 aromatic carbocycles. The number of carbonyl (C=O) groups is 1. The van der Waals surface area contributed by atoms with Crippen molar-refractivity contribution in [1.82, 2.24) is 5.32 Å². The number of halogens is 1. The highest BCUT2D eigenvalue weighted by Crippen LogP contribution is 2.06. The lowest BCUT2D eigenvalue weighted by atomic mass is 10.2. The van der Waals surface area contributed by atoms with Crippen molar-refractivity contribution in [2.24, 2.45) is 0 Å². The number of rotatable bonds is 4. The summed E-state index contributed by atoms with van der Waals surface area (Å²) in [6.07, 6.45) is 7.87. The maximum Gasteiger partial charge on any atom is 0.250 e. The predicted molar refractivity (Wildman–Crippen MR) is 61.2 cm³/mol. The third-order valence-corrected chi connectivity index (χ3v) is 1.96. The SMILES string of the molecule is C\C=C(Cl)/C=C\C(=C\CC)C(=O)NC. The fourth-order valence-electron chi connectivity index (χ4n) is 0.866. The molecule has 0 aromatic rings. The molecule has 0 saturated carbocycles. The lowest BCUT2D eigenvalue weighted by molar-refractivity contribution is -0.116. The van der Waals surface area contributed by atoms with Crippen LogP contribution in [0.4, 0.5) is 0 Å². The van der Waals surface area contributed by atoms with Crippen molar-refractivity contribution in [3.63, 3.8) is 0 Å². The highest BCUT2D eigenvalue weighted by atomic mass is 35.5. The van der Waals surface area contributed by atoms with Crippen molar-refractivity contribution < 1.29 is 4.79 Å². The van der Waals surface area contributed by atoms with Gasteiger partial charge >= 0.3 is 0 Å². The summed E-state index contributed by atoms with van der Waals surface area (Å²) in [6, 6.07) is 0. The molecule has 0 radical (unpaired) electrons. The summed E-state index contributed by atoms with van der Waals surface area (Å²) in [5.74, 6) is -0.0938. The number of hydrogen-bond donors (Lipinski definition) is 1. The van der Waals surface area contributed by atoms with Gasteiger partial charge in [-0.1, -0.05) is 30.7 Å². The van der Waals surface area contributed by atoms with Crippen LogP contribution >= 0.6 is 11.6 Å². The predicted octanol–water partition coefficient (Wildman–Crippen LogP) is 2.77. The summed E-state index contributed by atoms with van der Waals surface area (Å²) in [5, 5.41) is 3.19. The van der Waals surface area contributed by atoms with Gasteiger partial charge in [-0.25, -0.2) is 0 Å². The summed E-state index contributed by atoms with van der Waals surface area (Å²) >= 11 is 5.77. The molecule has 0 saturated heterocycles. The maximum absolute atomic E-state index is 11.3. The summed E-state index contributed by atoms with van der Waals surface area (Å²) in [4.78, 5) is 11.3. The zero-order valence-electron chi connectivity index (χ0n) is 8.80. The van der Waals surface area contributed by atoms with E-state index in [1.165, 1.54) is 0 Å². The van der Waals surface area contributed by atoms with E-state index < -0.39 is 0 Å². The Bertz CT molecular complexity index is 277. The van der Waals surface area contributed by atoms with Crippen LogP contribution in [0.5, 0.6) is 0 Å². The molecule has 0 aliphatic heterocycles. The van der Waals surface area contributed by atoms with Gasteiger partial charge in [0.2, 0.25) is 0 Å². The first-order chi connectivity index (χ1) is 6.65. The molecule has 3 heteroatoms. The molecular weight excluding hydrogens is 198 g/mol. The summed E-state index contributed by atoms with van der Waals surface area (Å²) in [6.45, 7) is 3.82. The van der Waals surface area contributed by atoms with Gasteiger partial charge in [-0.2, -0.15) is 0 Å².